The number of hydrogen-bond acceptors (Lipinski definition) is 3. The molecule has 0 spiro atoms. The first-order chi connectivity index (χ1) is 10.1. The molecule has 2 N–H and O–H groups in total. The van der Waals surface area contributed by atoms with Crippen LogP contribution in [-0.2, 0) is 9.59 Å². The van der Waals surface area contributed by atoms with Gasteiger partial charge >= 0.3 is 0 Å². The molecule has 1 aromatic carbocycles. The van der Waals surface area contributed by atoms with Crippen LogP contribution in [0, 0.1) is 0 Å². The molecule has 0 aliphatic rings. The molecule has 21 heavy (non-hydrogen) atoms. The Bertz CT molecular complexity index is 460. The Morgan fingerprint density at radius 3 is 2.14 bits per heavy atom. The molecule has 1 rings (SSSR count). The van der Waals surface area contributed by atoms with Crippen molar-refractivity contribution in [2.75, 3.05) is 41.6 Å². The molecule has 0 saturated heterocycles. The van der Waals surface area contributed by atoms with Crippen LogP contribution in [0.15, 0.2) is 24.3 Å². The number of anilines is 2. The summed E-state index contributed by atoms with van der Waals surface area (Å²) in [4.78, 5) is 24.4. The van der Waals surface area contributed by atoms with Gasteiger partial charge in [-0.3, -0.25) is 9.59 Å². The van der Waals surface area contributed by atoms with E-state index in [2.05, 4.69) is 15.5 Å². The van der Waals surface area contributed by atoms with E-state index in [9.17, 15) is 9.59 Å². The first-order valence-corrected chi connectivity index (χ1v) is 7.65. The second-order valence-electron chi connectivity index (χ2n) is 4.37. The van der Waals surface area contributed by atoms with E-state index in [4.69, 9.17) is 23.2 Å². The summed E-state index contributed by atoms with van der Waals surface area (Å²) >= 11 is 11.5. The van der Waals surface area contributed by atoms with Crippen LogP contribution in [0.25, 0.3) is 0 Å². The van der Waals surface area contributed by atoms with Gasteiger partial charge in [0.25, 0.3) is 0 Å². The Kier molecular flexibility index (Phi) is 7.93. The van der Waals surface area contributed by atoms with E-state index in [1.165, 1.54) is 6.92 Å². The lowest BCUT2D eigenvalue weighted by Crippen LogP contribution is -2.31. The minimum atomic E-state index is -0.267. The Hall–Kier alpha value is -1.46. The van der Waals surface area contributed by atoms with Gasteiger partial charge < -0.3 is 15.5 Å². The molecule has 0 saturated carbocycles. The third-order valence-electron chi connectivity index (χ3n) is 2.72. The van der Waals surface area contributed by atoms with E-state index in [1.54, 1.807) is 12.1 Å². The number of carbonyl (C=O) groups is 2. The van der Waals surface area contributed by atoms with E-state index in [0.717, 1.165) is 5.69 Å². The standard InChI is InChI=1S/C14H19Cl2N3O2/c1-11(20)17-10-14(21)18-12-2-4-13(5-3-12)19(8-6-15)9-7-16/h2-5H,6-10H2,1H3,(H,17,20)(H,18,21). The smallest absolute Gasteiger partial charge is 0.243 e. The largest absolute Gasteiger partial charge is 0.369 e. The number of hydrogen-bond donors (Lipinski definition) is 2. The lowest BCUT2D eigenvalue weighted by atomic mass is 10.2. The molecular formula is C14H19Cl2N3O2. The molecule has 7 heteroatoms. The van der Waals surface area contributed by atoms with Crippen LogP contribution >= 0.6 is 23.2 Å². The van der Waals surface area contributed by atoms with E-state index >= 15 is 0 Å². The monoisotopic (exact) mass is 331 g/mol. The van der Waals surface area contributed by atoms with E-state index < -0.39 is 0 Å². The summed E-state index contributed by atoms with van der Waals surface area (Å²) in [6.07, 6.45) is 0. The highest BCUT2D eigenvalue weighted by Gasteiger charge is 2.06. The van der Waals surface area contributed by atoms with Crippen LogP contribution < -0.4 is 15.5 Å². The number of nitrogens with zero attached hydrogens (tertiary/aromatic N) is 1. The number of benzene rings is 1. The van der Waals surface area contributed by atoms with Crippen LogP contribution in [0.3, 0.4) is 0 Å². The van der Waals surface area contributed by atoms with Crippen molar-refractivity contribution in [1.29, 1.82) is 0 Å². The normalized spacial score (nSPS) is 10.0. The molecule has 0 heterocycles. The highest BCUT2D eigenvalue weighted by Crippen LogP contribution is 2.18. The summed E-state index contributed by atoms with van der Waals surface area (Å²) in [5, 5.41) is 5.14. The fourth-order valence-electron chi connectivity index (χ4n) is 1.74. The molecule has 1 aromatic rings. The van der Waals surface area contributed by atoms with Gasteiger partial charge in [0.05, 0.1) is 6.54 Å². The van der Waals surface area contributed by atoms with E-state index in [-0.39, 0.29) is 18.4 Å². The van der Waals surface area contributed by atoms with Crippen molar-refractivity contribution in [3.8, 4) is 0 Å². The molecule has 0 radical (unpaired) electrons. The highest BCUT2D eigenvalue weighted by atomic mass is 35.5. The van der Waals surface area contributed by atoms with Gasteiger partial charge in [0, 0.05) is 43.1 Å². The number of amides is 2. The summed E-state index contributed by atoms with van der Waals surface area (Å²) < 4.78 is 0. The van der Waals surface area contributed by atoms with Crippen LogP contribution in [0.1, 0.15) is 6.92 Å². The van der Waals surface area contributed by atoms with Gasteiger partial charge in [-0.1, -0.05) is 0 Å². The van der Waals surface area contributed by atoms with Crippen LogP contribution in [-0.4, -0.2) is 43.2 Å². The fourth-order valence-corrected chi connectivity index (χ4v) is 2.15. The highest BCUT2D eigenvalue weighted by molar-refractivity contribution is 6.18. The van der Waals surface area contributed by atoms with Gasteiger partial charge in [-0.15, -0.1) is 23.2 Å². The Labute approximate surface area is 134 Å². The van der Waals surface area contributed by atoms with Crippen molar-refractivity contribution in [3.05, 3.63) is 24.3 Å². The van der Waals surface area contributed by atoms with Gasteiger partial charge in [0.15, 0.2) is 0 Å². The molecule has 0 aliphatic heterocycles. The Morgan fingerprint density at radius 2 is 1.67 bits per heavy atom. The lowest BCUT2D eigenvalue weighted by Gasteiger charge is -2.23. The second-order valence-corrected chi connectivity index (χ2v) is 5.13. The first kappa shape index (κ1) is 17.6. The average Bonchev–Trinajstić information content (AvgIpc) is 2.46. The van der Waals surface area contributed by atoms with Crippen molar-refractivity contribution in [1.82, 2.24) is 5.32 Å². The fraction of sp³-hybridized carbons (Fsp3) is 0.429. The van der Waals surface area contributed by atoms with Crippen molar-refractivity contribution in [2.24, 2.45) is 0 Å². The summed E-state index contributed by atoms with van der Waals surface area (Å²) in [5.74, 6) is 0.535. The molecule has 5 nitrogen and oxygen atoms in total. The van der Waals surface area contributed by atoms with Gasteiger partial charge in [-0.2, -0.15) is 0 Å². The topological polar surface area (TPSA) is 61.4 Å². The molecule has 0 bridgehead atoms. The Morgan fingerprint density at radius 1 is 1.10 bits per heavy atom. The maximum atomic E-state index is 11.6. The zero-order valence-corrected chi connectivity index (χ0v) is 13.4. The van der Waals surface area contributed by atoms with E-state index in [1.807, 2.05) is 12.1 Å². The summed E-state index contributed by atoms with van der Waals surface area (Å²) in [7, 11) is 0. The number of halogens is 2. The average molecular weight is 332 g/mol. The summed E-state index contributed by atoms with van der Waals surface area (Å²) in [6.45, 7) is 2.75. The number of alkyl halides is 2. The van der Waals surface area contributed by atoms with Gasteiger partial charge in [-0.25, -0.2) is 0 Å². The van der Waals surface area contributed by atoms with Crippen LogP contribution in [0.4, 0.5) is 11.4 Å². The maximum Gasteiger partial charge on any atom is 0.243 e. The lowest BCUT2D eigenvalue weighted by molar-refractivity contribution is -0.122. The minimum Gasteiger partial charge on any atom is -0.369 e. The minimum absolute atomic E-state index is 0.0400. The predicted octanol–water partition coefficient (Wildman–Crippen LogP) is 2.05. The summed E-state index contributed by atoms with van der Waals surface area (Å²) in [6, 6.07) is 7.40. The molecule has 0 unspecified atom stereocenters. The molecule has 0 aliphatic carbocycles. The van der Waals surface area contributed by atoms with Crippen molar-refractivity contribution >= 4 is 46.4 Å². The van der Waals surface area contributed by atoms with Crippen molar-refractivity contribution in [3.63, 3.8) is 0 Å². The first-order valence-electron chi connectivity index (χ1n) is 6.58. The zero-order chi connectivity index (χ0) is 15.7. The molecule has 0 fully saturated rings. The van der Waals surface area contributed by atoms with Crippen molar-refractivity contribution < 1.29 is 9.59 Å². The number of nitrogens with one attached hydrogen (secondary N) is 2. The molecule has 0 aromatic heterocycles. The van der Waals surface area contributed by atoms with Crippen molar-refractivity contribution in [2.45, 2.75) is 6.92 Å². The molecular weight excluding hydrogens is 313 g/mol. The van der Waals surface area contributed by atoms with Gasteiger partial charge in [0.1, 0.15) is 0 Å². The van der Waals surface area contributed by atoms with Crippen LogP contribution in [0.2, 0.25) is 0 Å². The molecule has 0 atom stereocenters. The van der Waals surface area contributed by atoms with Crippen LogP contribution in [0.5, 0.6) is 0 Å². The third kappa shape index (κ3) is 6.69. The molecule has 116 valence electrons. The number of carbonyl (C=O) groups excluding carboxylic acids is 2. The maximum absolute atomic E-state index is 11.6. The number of rotatable bonds is 8. The Balaban J connectivity index is 2.60. The third-order valence-corrected chi connectivity index (χ3v) is 3.06. The SMILES string of the molecule is CC(=O)NCC(=O)Nc1ccc(N(CCCl)CCCl)cc1. The van der Waals surface area contributed by atoms with Gasteiger partial charge in [0.2, 0.25) is 11.8 Å². The quantitative estimate of drug-likeness (QED) is 0.716. The predicted molar refractivity (Wildman–Crippen MR) is 87.4 cm³/mol. The van der Waals surface area contributed by atoms with E-state index in [0.29, 0.717) is 30.5 Å². The molecule has 2 amide bonds. The van der Waals surface area contributed by atoms with Gasteiger partial charge in [-0.05, 0) is 24.3 Å². The zero-order valence-electron chi connectivity index (χ0n) is 11.9. The second kappa shape index (κ2) is 9.47. The summed E-state index contributed by atoms with van der Waals surface area (Å²) in [5.41, 5.74) is 1.67.